The molecule has 1 heterocycles. The summed E-state index contributed by atoms with van der Waals surface area (Å²) in [6.45, 7) is 2.74. The second kappa shape index (κ2) is 7.10. The summed E-state index contributed by atoms with van der Waals surface area (Å²) < 4.78 is 5.23. The van der Waals surface area contributed by atoms with Crippen LogP contribution >= 0.6 is 15.9 Å². The average Bonchev–Trinajstić information content (AvgIpc) is 2.39. The molecule has 0 atom stereocenters. The standard InChI is InChI=1S/C12H15BrN2O3/c1-3-15(7-6-11(16)18-2)12(17)9-4-5-10(13)14-8-9/h4-5,8H,3,6-7H2,1-2H3. The molecule has 1 aromatic heterocycles. The Morgan fingerprint density at radius 2 is 2.17 bits per heavy atom. The molecule has 0 aromatic carbocycles. The quantitative estimate of drug-likeness (QED) is 0.615. The minimum atomic E-state index is -0.324. The van der Waals surface area contributed by atoms with Crippen LogP contribution in [0.15, 0.2) is 22.9 Å². The SMILES string of the molecule is CCN(CCC(=O)OC)C(=O)c1ccc(Br)nc1. The van der Waals surface area contributed by atoms with E-state index < -0.39 is 0 Å². The summed E-state index contributed by atoms with van der Waals surface area (Å²) in [4.78, 5) is 28.8. The molecule has 0 spiro atoms. The fraction of sp³-hybridized carbons (Fsp3) is 0.417. The van der Waals surface area contributed by atoms with Gasteiger partial charge in [-0.3, -0.25) is 9.59 Å². The predicted molar refractivity (Wildman–Crippen MR) is 70.1 cm³/mol. The van der Waals surface area contributed by atoms with Crippen LogP contribution in [0.4, 0.5) is 0 Å². The molecule has 1 amide bonds. The predicted octanol–water partition coefficient (Wildman–Crippen LogP) is 1.87. The van der Waals surface area contributed by atoms with Gasteiger partial charge in [0.05, 0.1) is 19.1 Å². The molecule has 18 heavy (non-hydrogen) atoms. The Morgan fingerprint density at radius 1 is 1.44 bits per heavy atom. The first-order valence-electron chi connectivity index (χ1n) is 5.56. The third-order valence-corrected chi connectivity index (χ3v) is 2.93. The highest BCUT2D eigenvalue weighted by molar-refractivity contribution is 9.10. The molecular weight excluding hydrogens is 300 g/mol. The van der Waals surface area contributed by atoms with E-state index in [1.54, 1.807) is 17.0 Å². The van der Waals surface area contributed by atoms with Crippen LogP contribution in [0.25, 0.3) is 0 Å². The maximum atomic E-state index is 12.1. The number of hydrogen-bond donors (Lipinski definition) is 0. The first kappa shape index (κ1) is 14.6. The molecular formula is C12H15BrN2O3. The molecule has 0 fully saturated rings. The second-order valence-corrected chi connectivity index (χ2v) is 4.39. The molecule has 0 saturated heterocycles. The summed E-state index contributed by atoms with van der Waals surface area (Å²) in [7, 11) is 1.33. The van der Waals surface area contributed by atoms with Crippen molar-refractivity contribution < 1.29 is 14.3 Å². The highest BCUT2D eigenvalue weighted by atomic mass is 79.9. The van der Waals surface area contributed by atoms with Crippen LogP contribution in [-0.4, -0.2) is 42.0 Å². The van der Waals surface area contributed by atoms with Gasteiger partial charge in [0, 0.05) is 19.3 Å². The molecule has 0 saturated carbocycles. The van der Waals surface area contributed by atoms with Crippen LogP contribution in [0.5, 0.6) is 0 Å². The maximum Gasteiger partial charge on any atom is 0.307 e. The zero-order valence-electron chi connectivity index (χ0n) is 10.4. The minimum Gasteiger partial charge on any atom is -0.469 e. The number of carbonyl (C=O) groups excluding carboxylic acids is 2. The summed E-state index contributed by atoms with van der Waals surface area (Å²) in [5.74, 6) is -0.461. The number of carbonyl (C=O) groups is 2. The van der Waals surface area contributed by atoms with Crippen LogP contribution < -0.4 is 0 Å². The lowest BCUT2D eigenvalue weighted by Crippen LogP contribution is -2.33. The van der Waals surface area contributed by atoms with Crippen molar-refractivity contribution in [2.24, 2.45) is 0 Å². The van der Waals surface area contributed by atoms with E-state index in [-0.39, 0.29) is 18.3 Å². The van der Waals surface area contributed by atoms with E-state index >= 15 is 0 Å². The molecule has 0 bridgehead atoms. The Hall–Kier alpha value is -1.43. The lowest BCUT2D eigenvalue weighted by molar-refractivity contribution is -0.140. The number of pyridine rings is 1. The minimum absolute atomic E-state index is 0.138. The summed E-state index contributed by atoms with van der Waals surface area (Å²) in [5, 5.41) is 0. The smallest absolute Gasteiger partial charge is 0.307 e. The monoisotopic (exact) mass is 314 g/mol. The number of ether oxygens (including phenoxy) is 1. The number of aromatic nitrogens is 1. The van der Waals surface area contributed by atoms with Gasteiger partial charge in [-0.1, -0.05) is 0 Å². The molecule has 0 radical (unpaired) electrons. The van der Waals surface area contributed by atoms with Gasteiger partial charge in [-0.05, 0) is 35.0 Å². The topological polar surface area (TPSA) is 59.5 Å². The molecule has 98 valence electrons. The maximum absolute atomic E-state index is 12.1. The molecule has 1 rings (SSSR count). The summed E-state index contributed by atoms with van der Waals surface area (Å²) >= 11 is 3.21. The van der Waals surface area contributed by atoms with Crippen LogP contribution in [0, 0.1) is 0 Å². The highest BCUT2D eigenvalue weighted by Crippen LogP contribution is 2.09. The van der Waals surface area contributed by atoms with Gasteiger partial charge in [0.2, 0.25) is 0 Å². The Kier molecular flexibility index (Phi) is 5.77. The third kappa shape index (κ3) is 4.10. The van der Waals surface area contributed by atoms with Crippen molar-refractivity contribution in [1.82, 2.24) is 9.88 Å². The Morgan fingerprint density at radius 3 is 2.67 bits per heavy atom. The van der Waals surface area contributed by atoms with Crippen molar-refractivity contribution in [1.29, 1.82) is 0 Å². The Labute approximate surface area is 114 Å². The number of esters is 1. The highest BCUT2D eigenvalue weighted by Gasteiger charge is 2.15. The van der Waals surface area contributed by atoms with Gasteiger partial charge in [-0.15, -0.1) is 0 Å². The van der Waals surface area contributed by atoms with Crippen LogP contribution in [0.1, 0.15) is 23.7 Å². The number of hydrogen-bond acceptors (Lipinski definition) is 4. The van der Waals surface area contributed by atoms with E-state index in [0.29, 0.717) is 23.3 Å². The summed E-state index contributed by atoms with van der Waals surface area (Å²) in [6.07, 6.45) is 1.70. The lowest BCUT2D eigenvalue weighted by Gasteiger charge is -2.20. The van der Waals surface area contributed by atoms with Crippen molar-refractivity contribution in [3.63, 3.8) is 0 Å². The molecule has 6 heteroatoms. The van der Waals surface area contributed by atoms with Crippen molar-refractivity contribution >= 4 is 27.8 Å². The van der Waals surface area contributed by atoms with Crippen molar-refractivity contribution in [2.45, 2.75) is 13.3 Å². The van der Waals surface area contributed by atoms with E-state index in [1.165, 1.54) is 13.3 Å². The van der Waals surface area contributed by atoms with Gasteiger partial charge in [0.15, 0.2) is 0 Å². The summed E-state index contributed by atoms with van der Waals surface area (Å²) in [6, 6.07) is 3.40. The molecule has 0 N–H and O–H groups in total. The van der Waals surface area contributed by atoms with Gasteiger partial charge < -0.3 is 9.64 Å². The molecule has 0 aliphatic rings. The van der Waals surface area contributed by atoms with Gasteiger partial charge in [-0.2, -0.15) is 0 Å². The Bertz CT molecular complexity index is 420. The van der Waals surface area contributed by atoms with Crippen LogP contribution in [-0.2, 0) is 9.53 Å². The van der Waals surface area contributed by atoms with Gasteiger partial charge in [-0.25, -0.2) is 4.98 Å². The first-order chi connectivity index (χ1) is 8.58. The van der Waals surface area contributed by atoms with E-state index in [1.807, 2.05) is 6.92 Å². The number of methoxy groups -OCH3 is 1. The first-order valence-corrected chi connectivity index (χ1v) is 6.35. The molecule has 1 aromatic rings. The second-order valence-electron chi connectivity index (χ2n) is 3.58. The zero-order chi connectivity index (χ0) is 13.5. The van der Waals surface area contributed by atoms with E-state index in [2.05, 4.69) is 25.7 Å². The number of nitrogens with zero attached hydrogens (tertiary/aromatic N) is 2. The van der Waals surface area contributed by atoms with Crippen molar-refractivity contribution in [2.75, 3.05) is 20.2 Å². The van der Waals surface area contributed by atoms with E-state index in [4.69, 9.17) is 0 Å². The average molecular weight is 315 g/mol. The van der Waals surface area contributed by atoms with Gasteiger partial charge >= 0.3 is 5.97 Å². The molecule has 0 unspecified atom stereocenters. The normalized spacial score (nSPS) is 9.94. The van der Waals surface area contributed by atoms with Crippen LogP contribution in [0.3, 0.4) is 0 Å². The number of halogens is 1. The van der Waals surface area contributed by atoms with E-state index in [0.717, 1.165) is 0 Å². The molecule has 0 aliphatic heterocycles. The van der Waals surface area contributed by atoms with Crippen molar-refractivity contribution in [3.05, 3.63) is 28.5 Å². The van der Waals surface area contributed by atoms with Crippen molar-refractivity contribution in [3.8, 4) is 0 Å². The van der Waals surface area contributed by atoms with E-state index in [9.17, 15) is 9.59 Å². The lowest BCUT2D eigenvalue weighted by atomic mass is 10.2. The van der Waals surface area contributed by atoms with Gasteiger partial charge in [0.25, 0.3) is 5.91 Å². The third-order valence-electron chi connectivity index (χ3n) is 2.46. The number of rotatable bonds is 5. The zero-order valence-corrected chi connectivity index (χ0v) is 11.9. The fourth-order valence-electron chi connectivity index (χ4n) is 1.42. The molecule has 0 aliphatic carbocycles. The molecule has 5 nitrogen and oxygen atoms in total. The van der Waals surface area contributed by atoms with Gasteiger partial charge in [0.1, 0.15) is 4.60 Å². The number of amides is 1. The Balaban J connectivity index is 2.67. The van der Waals surface area contributed by atoms with Crippen LogP contribution in [0.2, 0.25) is 0 Å². The fourth-order valence-corrected chi connectivity index (χ4v) is 1.65. The summed E-state index contributed by atoms with van der Waals surface area (Å²) in [5.41, 5.74) is 0.505. The largest absolute Gasteiger partial charge is 0.469 e.